The summed E-state index contributed by atoms with van der Waals surface area (Å²) in [7, 11) is 0. The van der Waals surface area contributed by atoms with Crippen LogP contribution in [0.1, 0.15) is 18.4 Å². The van der Waals surface area contributed by atoms with Crippen LogP contribution in [0.3, 0.4) is 0 Å². The maximum absolute atomic E-state index is 6.01. The fraction of sp³-hybridized carbons (Fsp3) is 0.176. The van der Waals surface area contributed by atoms with Crippen LogP contribution in [-0.2, 0) is 0 Å². The Balaban J connectivity index is 1.96. The van der Waals surface area contributed by atoms with Gasteiger partial charge in [0.1, 0.15) is 5.52 Å². The van der Waals surface area contributed by atoms with Gasteiger partial charge in [0, 0.05) is 17.0 Å². The summed E-state index contributed by atoms with van der Waals surface area (Å²) in [6, 6.07) is 10.2. The quantitative estimate of drug-likeness (QED) is 0.714. The number of para-hydroxylation sites is 1. The lowest BCUT2D eigenvalue weighted by Crippen LogP contribution is -1.95. The molecule has 2 aromatic heterocycles. The zero-order valence-electron chi connectivity index (χ0n) is 11.1. The molecular weight excluding hydrogens is 246 g/mol. The van der Waals surface area contributed by atoms with Gasteiger partial charge in [-0.15, -0.1) is 0 Å². The van der Waals surface area contributed by atoms with E-state index in [1.54, 1.807) is 0 Å². The molecule has 1 fully saturated rings. The highest BCUT2D eigenvalue weighted by Crippen LogP contribution is 2.31. The second-order valence-electron chi connectivity index (χ2n) is 5.38. The number of aromatic nitrogens is 2. The van der Waals surface area contributed by atoms with E-state index >= 15 is 0 Å². The first-order chi connectivity index (χ1) is 9.81. The summed E-state index contributed by atoms with van der Waals surface area (Å²) in [4.78, 5) is 8.91. The summed E-state index contributed by atoms with van der Waals surface area (Å²) in [6.07, 6.45) is 8.94. The molecule has 0 radical (unpaired) electrons. The molecule has 0 amide bonds. The lowest BCUT2D eigenvalue weighted by molar-refractivity contribution is 1.13. The van der Waals surface area contributed by atoms with E-state index in [-0.39, 0.29) is 0 Å². The zero-order valence-corrected chi connectivity index (χ0v) is 11.1. The predicted octanol–water partition coefficient (Wildman–Crippen LogP) is 3.79. The monoisotopic (exact) mass is 261 g/mol. The van der Waals surface area contributed by atoms with Crippen molar-refractivity contribution >= 4 is 33.7 Å². The number of fused-ring (bicyclic) bond motifs is 3. The van der Waals surface area contributed by atoms with Gasteiger partial charge in [0.25, 0.3) is 0 Å². The lowest BCUT2D eigenvalue weighted by Gasteiger charge is -2.06. The minimum Gasteiger partial charge on any atom is -0.382 e. The van der Waals surface area contributed by atoms with Crippen LogP contribution in [0.25, 0.3) is 27.9 Å². The van der Waals surface area contributed by atoms with Crippen LogP contribution in [0.15, 0.2) is 42.6 Å². The Morgan fingerprint density at radius 3 is 2.85 bits per heavy atom. The van der Waals surface area contributed by atoms with Gasteiger partial charge in [0.15, 0.2) is 5.82 Å². The molecule has 0 spiro atoms. The van der Waals surface area contributed by atoms with E-state index < -0.39 is 0 Å². The predicted molar refractivity (Wildman–Crippen MR) is 83.2 cm³/mol. The number of pyridine rings is 2. The number of allylic oxidation sites excluding steroid dienone is 1. The van der Waals surface area contributed by atoms with Gasteiger partial charge in [-0.2, -0.15) is 0 Å². The molecule has 1 saturated carbocycles. The standard InChI is InChI=1S/C17H15N3/c18-17-16-14(13-3-1-2-4-15(13)20-17)9-12(10-19-16)8-7-11-5-6-11/h1-4,7-11H,5-6H2,(H2,18,20)/b8-7+. The highest BCUT2D eigenvalue weighted by molar-refractivity contribution is 6.08. The summed E-state index contributed by atoms with van der Waals surface area (Å²) >= 11 is 0. The third-order valence-corrected chi connectivity index (χ3v) is 3.77. The van der Waals surface area contributed by atoms with Gasteiger partial charge in [0.05, 0.1) is 5.52 Å². The Kier molecular flexibility index (Phi) is 2.46. The molecule has 0 atom stereocenters. The van der Waals surface area contributed by atoms with Crippen molar-refractivity contribution in [1.29, 1.82) is 0 Å². The number of nitrogen functional groups attached to an aromatic ring is 1. The Labute approximate surface area is 117 Å². The molecule has 0 saturated heterocycles. The molecule has 98 valence electrons. The summed E-state index contributed by atoms with van der Waals surface area (Å²) in [5, 5.41) is 2.18. The molecule has 2 N–H and O–H groups in total. The Morgan fingerprint density at radius 1 is 1.15 bits per heavy atom. The van der Waals surface area contributed by atoms with E-state index in [0.29, 0.717) is 5.82 Å². The number of benzene rings is 1. The smallest absolute Gasteiger partial charge is 0.150 e. The van der Waals surface area contributed by atoms with Gasteiger partial charge < -0.3 is 5.73 Å². The SMILES string of the molecule is Nc1nc2ccccc2c2cc(/C=C/C3CC3)cnc12. The van der Waals surface area contributed by atoms with Gasteiger partial charge in [-0.1, -0.05) is 30.4 Å². The molecule has 2 heterocycles. The molecule has 0 aliphatic heterocycles. The molecule has 3 heteroatoms. The van der Waals surface area contributed by atoms with Gasteiger partial charge >= 0.3 is 0 Å². The van der Waals surface area contributed by atoms with Crippen LogP contribution in [0, 0.1) is 5.92 Å². The second kappa shape index (κ2) is 4.30. The van der Waals surface area contributed by atoms with Crippen molar-refractivity contribution in [3.05, 3.63) is 48.2 Å². The molecular formula is C17H15N3. The second-order valence-corrected chi connectivity index (χ2v) is 5.38. The highest BCUT2D eigenvalue weighted by atomic mass is 14.9. The maximum atomic E-state index is 6.01. The van der Waals surface area contributed by atoms with Crippen molar-refractivity contribution in [3.8, 4) is 0 Å². The third kappa shape index (κ3) is 1.92. The number of hydrogen-bond acceptors (Lipinski definition) is 3. The molecule has 1 aliphatic carbocycles. The first kappa shape index (κ1) is 11.4. The van der Waals surface area contributed by atoms with E-state index in [2.05, 4.69) is 34.3 Å². The van der Waals surface area contributed by atoms with Gasteiger partial charge in [-0.05, 0) is 36.5 Å². The summed E-state index contributed by atoms with van der Waals surface area (Å²) in [5.74, 6) is 1.27. The Hall–Kier alpha value is -2.42. The Bertz CT molecular complexity index is 832. The lowest BCUT2D eigenvalue weighted by atomic mass is 10.1. The summed E-state index contributed by atoms with van der Waals surface area (Å²) < 4.78 is 0. The van der Waals surface area contributed by atoms with Crippen LogP contribution in [0.2, 0.25) is 0 Å². The number of anilines is 1. The number of nitrogens with zero attached hydrogens (tertiary/aromatic N) is 2. The van der Waals surface area contributed by atoms with Gasteiger partial charge in [-0.25, -0.2) is 4.98 Å². The van der Waals surface area contributed by atoms with Crippen LogP contribution in [0.4, 0.5) is 5.82 Å². The minimum atomic E-state index is 0.497. The molecule has 20 heavy (non-hydrogen) atoms. The fourth-order valence-corrected chi connectivity index (χ4v) is 2.50. The average Bonchev–Trinajstić information content (AvgIpc) is 3.29. The largest absolute Gasteiger partial charge is 0.382 e. The van der Waals surface area contributed by atoms with Crippen molar-refractivity contribution in [3.63, 3.8) is 0 Å². The zero-order chi connectivity index (χ0) is 13.5. The number of nitrogens with two attached hydrogens (primary N) is 1. The molecule has 4 rings (SSSR count). The average molecular weight is 261 g/mol. The Morgan fingerprint density at radius 2 is 2.00 bits per heavy atom. The van der Waals surface area contributed by atoms with Gasteiger partial charge in [0.2, 0.25) is 0 Å². The molecule has 3 nitrogen and oxygen atoms in total. The first-order valence-electron chi connectivity index (χ1n) is 6.93. The van der Waals surface area contributed by atoms with E-state index in [1.165, 1.54) is 12.8 Å². The molecule has 0 unspecified atom stereocenters. The van der Waals surface area contributed by atoms with E-state index in [9.17, 15) is 0 Å². The number of hydrogen-bond donors (Lipinski definition) is 1. The highest BCUT2D eigenvalue weighted by Gasteiger charge is 2.17. The van der Waals surface area contributed by atoms with Crippen LogP contribution < -0.4 is 5.73 Å². The summed E-state index contributed by atoms with van der Waals surface area (Å²) in [5.41, 5.74) is 8.84. The molecule has 1 aliphatic rings. The number of rotatable bonds is 2. The van der Waals surface area contributed by atoms with E-state index in [4.69, 9.17) is 5.73 Å². The first-order valence-corrected chi connectivity index (χ1v) is 6.93. The fourth-order valence-electron chi connectivity index (χ4n) is 2.50. The third-order valence-electron chi connectivity index (χ3n) is 3.77. The van der Waals surface area contributed by atoms with Crippen LogP contribution in [-0.4, -0.2) is 9.97 Å². The van der Waals surface area contributed by atoms with E-state index in [1.807, 2.05) is 24.4 Å². The van der Waals surface area contributed by atoms with Gasteiger partial charge in [-0.3, -0.25) is 4.98 Å². The van der Waals surface area contributed by atoms with E-state index in [0.717, 1.165) is 33.3 Å². The minimum absolute atomic E-state index is 0.497. The van der Waals surface area contributed by atoms with Crippen molar-refractivity contribution < 1.29 is 0 Å². The van der Waals surface area contributed by atoms with Crippen LogP contribution >= 0.6 is 0 Å². The van der Waals surface area contributed by atoms with Crippen molar-refractivity contribution in [2.45, 2.75) is 12.8 Å². The molecule has 1 aromatic carbocycles. The normalized spacial score (nSPS) is 15.4. The van der Waals surface area contributed by atoms with Crippen LogP contribution in [0.5, 0.6) is 0 Å². The van der Waals surface area contributed by atoms with Crippen molar-refractivity contribution in [2.24, 2.45) is 5.92 Å². The topological polar surface area (TPSA) is 51.8 Å². The maximum Gasteiger partial charge on any atom is 0.150 e. The summed E-state index contributed by atoms with van der Waals surface area (Å²) in [6.45, 7) is 0. The molecule has 3 aromatic rings. The van der Waals surface area contributed by atoms with Crippen molar-refractivity contribution in [1.82, 2.24) is 9.97 Å². The molecule has 0 bridgehead atoms. The van der Waals surface area contributed by atoms with Crippen molar-refractivity contribution in [2.75, 3.05) is 5.73 Å².